The molecule has 2 aromatic heterocycles. The molecule has 0 unspecified atom stereocenters. The zero-order valence-corrected chi connectivity index (χ0v) is 25.8. The summed E-state index contributed by atoms with van der Waals surface area (Å²) >= 11 is 0. The minimum Gasteiger partial charge on any atom is -0.455 e. The van der Waals surface area contributed by atoms with Gasteiger partial charge < -0.3 is 8.83 Å². The fourth-order valence-corrected chi connectivity index (χ4v) is 8.22. The average molecular weight is 611 g/mol. The van der Waals surface area contributed by atoms with Crippen LogP contribution in [0.15, 0.2) is 167 Å². The molecule has 0 N–H and O–H groups in total. The Morgan fingerprint density at radius 1 is 0.292 bits per heavy atom. The molecule has 0 radical (unpaired) electrons. The molecule has 0 saturated heterocycles. The van der Waals surface area contributed by atoms with E-state index < -0.39 is 0 Å². The van der Waals surface area contributed by atoms with Crippen LogP contribution in [0.3, 0.4) is 0 Å². The van der Waals surface area contributed by atoms with Crippen molar-refractivity contribution in [2.45, 2.75) is 0 Å². The lowest BCUT2D eigenvalue weighted by Crippen LogP contribution is -1.93. The van der Waals surface area contributed by atoms with Gasteiger partial charge in [-0.3, -0.25) is 0 Å². The van der Waals surface area contributed by atoms with Crippen LogP contribution in [-0.2, 0) is 0 Å². The van der Waals surface area contributed by atoms with E-state index >= 15 is 0 Å². The van der Waals surface area contributed by atoms with Crippen LogP contribution in [0.5, 0.6) is 0 Å². The first-order chi connectivity index (χ1) is 23.8. The van der Waals surface area contributed by atoms with Gasteiger partial charge in [0.2, 0.25) is 0 Å². The summed E-state index contributed by atoms with van der Waals surface area (Å²) in [5.74, 6) is 0. The van der Waals surface area contributed by atoms with Gasteiger partial charge in [-0.05, 0) is 72.4 Å². The number of hydrogen-bond donors (Lipinski definition) is 0. The van der Waals surface area contributed by atoms with Crippen molar-refractivity contribution in [1.82, 2.24) is 0 Å². The highest BCUT2D eigenvalue weighted by Crippen LogP contribution is 2.51. The van der Waals surface area contributed by atoms with E-state index in [9.17, 15) is 0 Å². The molecule has 0 aliphatic heterocycles. The monoisotopic (exact) mass is 610 g/mol. The molecule has 2 heterocycles. The maximum Gasteiger partial charge on any atom is 0.147 e. The molecule has 0 amide bonds. The molecule has 9 aromatic carbocycles. The molecular weight excluding hydrogens is 585 g/mol. The summed E-state index contributed by atoms with van der Waals surface area (Å²) < 4.78 is 13.6. The van der Waals surface area contributed by atoms with Crippen LogP contribution in [-0.4, -0.2) is 0 Å². The van der Waals surface area contributed by atoms with Crippen LogP contribution in [0.1, 0.15) is 0 Å². The Kier molecular flexibility index (Phi) is 5.14. The fourth-order valence-electron chi connectivity index (χ4n) is 8.22. The molecule has 222 valence electrons. The highest BCUT2D eigenvalue weighted by Gasteiger charge is 2.26. The second-order valence-corrected chi connectivity index (χ2v) is 12.7. The van der Waals surface area contributed by atoms with Gasteiger partial charge in [-0.1, -0.05) is 140 Å². The normalized spacial score (nSPS) is 12.2. The highest BCUT2D eigenvalue weighted by molar-refractivity contribution is 6.31. The third kappa shape index (κ3) is 3.41. The van der Waals surface area contributed by atoms with Gasteiger partial charge in [-0.25, -0.2) is 0 Å². The standard InChI is InChI=1S/C46H26O2/c1-2-14-29-27(12-1)24-25-28-13-11-21-36(41(28)29)42-32-17-3-5-19-34(32)43(35-20-6-4-18-33(35)42)44-45-37(30-15-7-9-22-39(30)47-45)26-38-31-16-8-10-23-40(31)48-46(38)44/h1-26H. The predicted octanol–water partition coefficient (Wildman–Crippen LogP) is 13.4. The molecule has 11 aromatic rings. The van der Waals surface area contributed by atoms with Gasteiger partial charge in [0.05, 0.1) is 5.56 Å². The Morgan fingerprint density at radius 3 is 1.35 bits per heavy atom. The lowest BCUT2D eigenvalue weighted by Gasteiger charge is -2.19. The molecule has 0 bridgehead atoms. The zero-order valence-electron chi connectivity index (χ0n) is 25.8. The lowest BCUT2D eigenvalue weighted by molar-refractivity contribution is 0.658. The first-order valence-electron chi connectivity index (χ1n) is 16.4. The van der Waals surface area contributed by atoms with Crippen LogP contribution >= 0.6 is 0 Å². The smallest absolute Gasteiger partial charge is 0.147 e. The summed E-state index contributed by atoms with van der Waals surface area (Å²) in [5, 5.41) is 14.1. The molecule has 11 rings (SSSR count). The topological polar surface area (TPSA) is 26.3 Å². The number of rotatable bonds is 2. The minimum atomic E-state index is 0.849. The summed E-state index contributed by atoms with van der Waals surface area (Å²) in [6.07, 6.45) is 0. The van der Waals surface area contributed by atoms with Crippen molar-refractivity contribution >= 4 is 87.0 Å². The molecule has 0 spiro atoms. The van der Waals surface area contributed by atoms with Gasteiger partial charge in [0.15, 0.2) is 0 Å². The molecule has 2 heteroatoms. The third-order valence-electron chi connectivity index (χ3n) is 10.2. The molecule has 0 atom stereocenters. The lowest BCUT2D eigenvalue weighted by atomic mass is 9.83. The number of para-hydroxylation sites is 2. The van der Waals surface area contributed by atoms with Gasteiger partial charge in [-0.2, -0.15) is 0 Å². The maximum atomic E-state index is 6.80. The van der Waals surface area contributed by atoms with E-state index in [4.69, 9.17) is 8.83 Å². The predicted molar refractivity (Wildman–Crippen MR) is 202 cm³/mol. The second kappa shape index (κ2) is 9.57. The molecule has 0 fully saturated rings. The first-order valence-corrected chi connectivity index (χ1v) is 16.4. The van der Waals surface area contributed by atoms with E-state index in [0.717, 1.165) is 65.8 Å². The Labute approximate surface area is 275 Å². The van der Waals surface area contributed by atoms with Crippen LogP contribution in [0.2, 0.25) is 0 Å². The molecular formula is C46H26O2. The Bertz CT molecular complexity index is 2970. The van der Waals surface area contributed by atoms with Crippen molar-refractivity contribution in [3.8, 4) is 22.3 Å². The number of hydrogen-bond acceptors (Lipinski definition) is 2. The van der Waals surface area contributed by atoms with Crippen molar-refractivity contribution < 1.29 is 8.83 Å². The Balaban J connectivity index is 1.37. The average Bonchev–Trinajstić information content (AvgIpc) is 3.71. The summed E-state index contributed by atoms with van der Waals surface area (Å²) in [6.45, 7) is 0. The minimum absolute atomic E-state index is 0.849. The first kappa shape index (κ1) is 25.8. The van der Waals surface area contributed by atoms with Gasteiger partial charge in [0.25, 0.3) is 0 Å². The summed E-state index contributed by atoms with van der Waals surface area (Å²) in [7, 11) is 0. The van der Waals surface area contributed by atoms with E-state index in [1.807, 2.05) is 12.1 Å². The largest absolute Gasteiger partial charge is 0.455 e. The molecule has 0 aliphatic carbocycles. The van der Waals surface area contributed by atoms with E-state index in [1.54, 1.807) is 0 Å². The van der Waals surface area contributed by atoms with E-state index in [1.165, 1.54) is 43.4 Å². The third-order valence-corrected chi connectivity index (χ3v) is 10.2. The second-order valence-electron chi connectivity index (χ2n) is 12.7. The van der Waals surface area contributed by atoms with E-state index in [-0.39, 0.29) is 0 Å². The Hall–Kier alpha value is -6.38. The summed E-state index contributed by atoms with van der Waals surface area (Å²) in [6, 6.07) is 56.5. The van der Waals surface area contributed by atoms with E-state index in [0.29, 0.717) is 0 Å². The molecule has 0 saturated carbocycles. The SMILES string of the molecule is c1ccc2c(c1)ccc1cccc(-c3c4ccccc4c(-c4c5oc6ccccc6c5cc5c4oc4ccccc45)c4ccccc34)c12. The summed E-state index contributed by atoms with van der Waals surface area (Å²) in [4.78, 5) is 0. The fraction of sp³-hybridized carbons (Fsp3) is 0. The van der Waals surface area contributed by atoms with Crippen LogP contribution in [0.4, 0.5) is 0 Å². The van der Waals surface area contributed by atoms with Crippen molar-refractivity contribution in [1.29, 1.82) is 0 Å². The van der Waals surface area contributed by atoms with Crippen LogP contribution in [0.25, 0.3) is 109 Å². The quantitative estimate of drug-likeness (QED) is 0.144. The Morgan fingerprint density at radius 2 is 0.750 bits per heavy atom. The van der Waals surface area contributed by atoms with Crippen molar-refractivity contribution in [3.63, 3.8) is 0 Å². The van der Waals surface area contributed by atoms with Gasteiger partial charge in [-0.15, -0.1) is 0 Å². The van der Waals surface area contributed by atoms with Gasteiger partial charge in [0, 0.05) is 27.1 Å². The highest BCUT2D eigenvalue weighted by atomic mass is 16.3. The zero-order chi connectivity index (χ0) is 31.3. The van der Waals surface area contributed by atoms with Gasteiger partial charge in [0.1, 0.15) is 22.3 Å². The van der Waals surface area contributed by atoms with Gasteiger partial charge >= 0.3 is 0 Å². The number of fused-ring (bicyclic) bond motifs is 11. The van der Waals surface area contributed by atoms with Crippen LogP contribution in [0, 0.1) is 0 Å². The van der Waals surface area contributed by atoms with Crippen LogP contribution < -0.4 is 0 Å². The van der Waals surface area contributed by atoms with Crippen molar-refractivity contribution in [3.05, 3.63) is 158 Å². The molecule has 2 nitrogen and oxygen atoms in total. The number of benzene rings is 9. The van der Waals surface area contributed by atoms with Crippen molar-refractivity contribution in [2.24, 2.45) is 0 Å². The maximum absolute atomic E-state index is 6.80. The van der Waals surface area contributed by atoms with E-state index in [2.05, 4.69) is 146 Å². The number of furan rings is 2. The molecule has 0 aliphatic rings. The summed E-state index contributed by atoms with van der Waals surface area (Å²) in [5.41, 5.74) is 8.05. The van der Waals surface area contributed by atoms with Crippen molar-refractivity contribution in [2.75, 3.05) is 0 Å². The molecule has 48 heavy (non-hydrogen) atoms.